The summed E-state index contributed by atoms with van der Waals surface area (Å²) in [6.07, 6.45) is 0. The Morgan fingerprint density at radius 3 is 1.14 bits per heavy atom. The first-order valence-corrected chi connectivity index (χ1v) is 0.548. The van der Waals surface area contributed by atoms with Crippen LogP contribution >= 0.6 is 12.4 Å². The summed E-state index contributed by atoms with van der Waals surface area (Å²) < 4.78 is 0. The van der Waals surface area contributed by atoms with Gasteiger partial charge >= 0.3 is 0 Å². The zero-order valence-electron chi connectivity index (χ0n) is 2.79. The van der Waals surface area contributed by atoms with E-state index in [1.54, 1.807) is 0 Å². The summed E-state index contributed by atoms with van der Waals surface area (Å²) in [4.78, 5) is 8.25. The molecule has 0 saturated carbocycles. The molecule has 0 atom stereocenters. The summed E-state index contributed by atoms with van der Waals surface area (Å²) in [5, 5.41) is 14.8. The van der Waals surface area contributed by atoms with Crippen LogP contribution in [0, 0.1) is 15.3 Å². The maximum atomic E-state index is 8.25. The Morgan fingerprint density at radius 2 is 1.14 bits per heavy atom. The van der Waals surface area contributed by atoms with Gasteiger partial charge in [-0.15, -0.1) is 12.4 Å². The molecule has 7 heavy (non-hydrogen) atoms. The fourth-order valence-corrected chi connectivity index (χ4v) is 0. The van der Waals surface area contributed by atoms with Gasteiger partial charge in [0.2, 0.25) is 0 Å². The van der Waals surface area contributed by atoms with Crippen LogP contribution in [0.1, 0.15) is 0 Å². The summed E-state index contributed by atoms with van der Waals surface area (Å²) in [5.74, 6) is 0. The topological polar surface area (TPSA) is 66.2 Å². The van der Waals surface area contributed by atoms with E-state index < -0.39 is 5.09 Å². The molecule has 0 saturated heterocycles. The van der Waals surface area contributed by atoms with Crippen molar-refractivity contribution in [1.29, 1.82) is 0 Å². The van der Waals surface area contributed by atoms with Gasteiger partial charge in [0, 0.05) is 34.1 Å². The normalized spacial score (nSPS) is 3.43. The molecule has 0 spiro atoms. The van der Waals surface area contributed by atoms with E-state index in [4.69, 9.17) is 15.3 Å². The summed E-state index contributed by atoms with van der Waals surface area (Å²) >= 11 is 0. The molecule has 0 fully saturated rings. The van der Waals surface area contributed by atoms with Crippen LogP contribution in [0.2, 0.25) is 0 Å². The van der Waals surface area contributed by atoms with Crippen LogP contribution in [-0.4, -0.2) is 5.09 Å². The van der Waals surface area contributed by atoms with Crippen LogP contribution in [0.5, 0.6) is 0 Å². The fraction of sp³-hybridized carbons (Fsp3) is 0. The van der Waals surface area contributed by atoms with E-state index in [1.807, 2.05) is 0 Å². The zero-order chi connectivity index (χ0) is 3.58. The molecule has 0 radical (unpaired) electrons. The molecule has 0 bridgehead atoms. The molecule has 0 heterocycles. The maximum absolute atomic E-state index is 8.25. The van der Waals surface area contributed by atoms with Crippen molar-refractivity contribution in [2.75, 3.05) is 0 Å². The van der Waals surface area contributed by atoms with Crippen molar-refractivity contribution in [3.63, 3.8) is 0 Å². The zero-order valence-corrected chi connectivity index (χ0v) is 5.81. The minimum absolute atomic E-state index is 0. The monoisotopic (exact) mass is 210 g/mol. The minimum atomic E-state index is -1.75. The largest absolute Gasteiger partial charge is 0.356 e. The van der Waals surface area contributed by atoms with Crippen LogP contribution in [0.25, 0.3) is 0 Å². The van der Waals surface area contributed by atoms with E-state index in [-0.39, 0.29) is 46.5 Å². The van der Waals surface area contributed by atoms with Gasteiger partial charge in [-0.25, -0.2) is 0 Å². The van der Waals surface area contributed by atoms with Gasteiger partial charge in [-0.3, -0.25) is 0 Å². The molecule has 7 heteroatoms. The first-order valence-electron chi connectivity index (χ1n) is 0.548. The standard InChI is InChI=1S/ClH.2Fe.NO3/c;;;2-1(3)4/h1H;;;/q;;;-1. The molecule has 0 rings (SSSR count). The summed E-state index contributed by atoms with van der Waals surface area (Å²) in [6, 6.07) is 0. The smallest absolute Gasteiger partial charge is 0.0689 e. The SMILES string of the molecule is Cl.O=[N+]([O-])[O-].[Fe].[Fe]. The average Bonchev–Trinajstić information content (AvgIpc) is 0.811. The molecule has 0 aliphatic rings. The average molecular weight is 210 g/mol. The Balaban J connectivity index is -0.0000000150. The Labute approximate surface area is 67.1 Å². The predicted octanol–water partition coefficient (Wildman–Crippen LogP) is 0.178. The van der Waals surface area contributed by atoms with Gasteiger partial charge in [0.05, 0.1) is 5.09 Å². The molecule has 0 aromatic heterocycles. The second kappa shape index (κ2) is 16.0. The Bertz CT molecular complexity index is 35.9. The van der Waals surface area contributed by atoms with Crippen LogP contribution in [-0.2, 0) is 34.1 Å². The number of nitrogens with zero attached hydrogens (tertiary/aromatic N) is 1. The third kappa shape index (κ3) is 479. The van der Waals surface area contributed by atoms with E-state index in [0.717, 1.165) is 0 Å². The van der Waals surface area contributed by atoms with E-state index in [1.165, 1.54) is 0 Å². The van der Waals surface area contributed by atoms with Gasteiger partial charge in [0.1, 0.15) is 0 Å². The van der Waals surface area contributed by atoms with E-state index in [0.29, 0.717) is 0 Å². The van der Waals surface area contributed by atoms with Crippen molar-refractivity contribution in [1.82, 2.24) is 0 Å². The van der Waals surface area contributed by atoms with Gasteiger partial charge < -0.3 is 15.3 Å². The summed E-state index contributed by atoms with van der Waals surface area (Å²) in [6.45, 7) is 0. The molecule has 0 N–H and O–H groups in total. The minimum Gasteiger partial charge on any atom is -0.356 e. The molecule has 0 aliphatic heterocycles. The third-order valence-corrected chi connectivity index (χ3v) is 0. The second-order valence-corrected chi connectivity index (χ2v) is 0.224. The number of rotatable bonds is 0. The second-order valence-electron chi connectivity index (χ2n) is 0.224. The van der Waals surface area contributed by atoms with Gasteiger partial charge in [0.25, 0.3) is 0 Å². The molecule has 48 valence electrons. The maximum Gasteiger partial charge on any atom is 0.0689 e. The van der Waals surface area contributed by atoms with Crippen LogP contribution < -0.4 is 0 Å². The van der Waals surface area contributed by atoms with E-state index in [9.17, 15) is 0 Å². The van der Waals surface area contributed by atoms with Gasteiger partial charge in [-0.2, -0.15) is 0 Å². The first kappa shape index (κ1) is 25.8. The van der Waals surface area contributed by atoms with Crippen LogP contribution in [0.15, 0.2) is 0 Å². The molecular weight excluding hydrogens is 209 g/mol. The molecule has 0 amide bonds. The number of halogens is 1. The molecule has 0 aromatic rings. The molecular formula is HClFe2NO3-. The number of hydrogen-bond donors (Lipinski definition) is 0. The third-order valence-electron chi connectivity index (χ3n) is 0. The fourth-order valence-electron chi connectivity index (χ4n) is 0. The van der Waals surface area contributed by atoms with Crippen molar-refractivity contribution in [3.05, 3.63) is 15.3 Å². The van der Waals surface area contributed by atoms with Crippen LogP contribution in [0.3, 0.4) is 0 Å². The van der Waals surface area contributed by atoms with Gasteiger partial charge in [-0.05, 0) is 0 Å². The van der Waals surface area contributed by atoms with Crippen LogP contribution in [0.4, 0.5) is 0 Å². The molecule has 4 nitrogen and oxygen atoms in total. The quantitative estimate of drug-likeness (QED) is 0.325. The predicted molar refractivity (Wildman–Crippen MR) is 17.6 cm³/mol. The first-order chi connectivity index (χ1) is 1.73. The van der Waals surface area contributed by atoms with E-state index in [2.05, 4.69) is 0 Å². The van der Waals surface area contributed by atoms with E-state index >= 15 is 0 Å². The van der Waals surface area contributed by atoms with Crippen molar-refractivity contribution >= 4 is 12.4 Å². The number of hydrogen-bond acceptors (Lipinski definition) is 3. The Morgan fingerprint density at radius 1 is 1.14 bits per heavy atom. The van der Waals surface area contributed by atoms with Crippen molar-refractivity contribution in [2.24, 2.45) is 0 Å². The van der Waals surface area contributed by atoms with Crippen molar-refractivity contribution in [3.8, 4) is 0 Å². The summed E-state index contributed by atoms with van der Waals surface area (Å²) in [5.41, 5.74) is 0. The van der Waals surface area contributed by atoms with Crippen molar-refractivity contribution < 1.29 is 39.2 Å². The summed E-state index contributed by atoms with van der Waals surface area (Å²) in [7, 11) is 0. The van der Waals surface area contributed by atoms with Gasteiger partial charge in [-0.1, -0.05) is 0 Å². The molecule has 0 unspecified atom stereocenters. The molecule has 0 aliphatic carbocycles. The Kier molecular flexibility index (Phi) is 59.0. The Hall–Kier alpha value is 0.529. The van der Waals surface area contributed by atoms with Crippen molar-refractivity contribution in [2.45, 2.75) is 0 Å². The van der Waals surface area contributed by atoms with Gasteiger partial charge in [0.15, 0.2) is 0 Å². The molecule has 0 aromatic carbocycles.